The zero-order valence-electron chi connectivity index (χ0n) is 15.4. The van der Waals surface area contributed by atoms with E-state index in [4.69, 9.17) is 0 Å². The quantitative estimate of drug-likeness (QED) is 0.485. The summed E-state index contributed by atoms with van der Waals surface area (Å²) in [6.45, 7) is 4.21. The molecule has 1 amide bonds. The Balaban J connectivity index is 2.18. The third-order valence-corrected chi connectivity index (χ3v) is 4.82. The molecule has 1 heterocycles. The van der Waals surface area contributed by atoms with Crippen LogP contribution in [0, 0.1) is 12.7 Å². The number of ketones is 1. The standard InChI is InChI=1S/C22H22FNO3/c1-3-4-13-24-19(16-7-5-6-8-17(16)23)18(21(26)22(24)27)20(25)15-11-9-14(2)10-12-15/h5-12,19,25H,3-4,13H2,1-2H3/t19-/m0/s1. The maximum absolute atomic E-state index is 14.5. The first-order valence-corrected chi connectivity index (χ1v) is 9.05. The highest BCUT2D eigenvalue weighted by Crippen LogP contribution is 2.40. The Morgan fingerprint density at radius 2 is 1.78 bits per heavy atom. The van der Waals surface area contributed by atoms with E-state index in [2.05, 4.69) is 0 Å². The first-order valence-electron chi connectivity index (χ1n) is 9.05. The molecule has 2 aromatic rings. The zero-order valence-corrected chi connectivity index (χ0v) is 15.4. The molecule has 1 N–H and O–H groups in total. The number of hydrogen-bond donors (Lipinski definition) is 1. The number of aliphatic hydroxyl groups excluding tert-OH is 1. The predicted molar refractivity (Wildman–Crippen MR) is 101 cm³/mol. The number of aryl methyl sites for hydroxylation is 1. The summed E-state index contributed by atoms with van der Waals surface area (Å²) in [6, 6.07) is 12.1. The molecule has 1 fully saturated rings. The van der Waals surface area contributed by atoms with Gasteiger partial charge in [0.05, 0.1) is 11.6 Å². The lowest BCUT2D eigenvalue weighted by molar-refractivity contribution is -0.139. The summed E-state index contributed by atoms with van der Waals surface area (Å²) in [5.41, 5.74) is 1.57. The highest BCUT2D eigenvalue weighted by atomic mass is 19.1. The minimum atomic E-state index is -0.931. The molecule has 0 aliphatic carbocycles. The van der Waals surface area contributed by atoms with Crippen molar-refractivity contribution in [1.29, 1.82) is 0 Å². The third-order valence-electron chi connectivity index (χ3n) is 4.82. The Morgan fingerprint density at radius 1 is 1.11 bits per heavy atom. The summed E-state index contributed by atoms with van der Waals surface area (Å²) in [5.74, 6) is -2.27. The van der Waals surface area contributed by atoms with Crippen molar-refractivity contribution >= 4 is 17.4 Å². The van der Waals surface area contributed by atoms with Gasteiger partial charge < -0.3 is 10.0 Å². The fourth-order valence-corrected chi connectivity index (χ4v) is 3.33. The van der Waals surface area contributed by atoms with E-state index in [-0.39, 0.29) is 16.9 Å². The Labute approximate surface area is 157 Å². The molecule has 27 heavy (non-hydrogen) atoms. The summed E-state index contributed by atoms with van der Waals surface area (Å²) in [5, 5.41) is 10.8. The van der Waals surface area contributed by atoms with Gasteiger partial charge in [-0.15, -0.1) is 0 Å². The van der Waals surface area contributed by atoms with Gasteiger partial charge in [0, 0.05) is 17.7 Å². The Kier molecular flexibility index (Phi) is 5.40. The SMILES string of the molecule is CCCCN1C(=O)C(=O)C(=C(O)c2ccc(C)cc2)[C@@H]1c1ccccc1F. The molecule has 0 unspecified atom stereocenters. The molecule has 0 saturated carbocycles. The number of carbonyl (C=O) groups excluding carboxylic acids is 2. The van der Waals surface area contributed by atoms with E-state index in [1.165, 1.54) is 11.0 Å². The molecule has 0 aromatic heterocycles. The van der Waals surface area contributed by atoms with Gasteiger partial charge in [-0.2, -0.15) is 0 Å². The third kappa shape index (κ3) is 3.50. The van der Waals surface area contributed by atoms with Crippen LogP contribution in [0.5, 0.6) is 0 Å². The molecule has 2 aromatic carbocycles. The number of benzene rings is 2. The van der Waals surface area contributed by atoms with E-state index < -0.39 is 23.5 Å². The van der Waals surface area contributed by atoms with E-state index in [0.717, 1.165) is 12.0 Å². The van der Waals surface area contributed by atoms with Crippen LogP contribution in [0.3, 0.4) is 0 Å². The van der Waals surface area contributed by atoms with Crippen LogP contribution in [0.15, 0.2) is 54.1 Å². The van der Waals surface area contributed by atoms with Crippen LogP contribution in [0.1, 0.15) is 42.5 Å². The maximum Gasteiger partial charge on any atom is 0.295 e. The maximum atomic E-state index is 14.5. The zero-order chi connectivity index (χ0) is 19.6. The fourth-order valence-electron chi connectivity index (χ4n) is 3.33. The summed E-state index contributed by atoms with van der Waals surface area (Å²) in [7, 11) is 0. The Morgan fingerprint density at radius 3 is 2.41 bits per heavy atom. The van der Waals surface area contributed by atoms with Gasteiger partial charge in [0.25, 0.3) is 11.7 Å². The lowest BCUT2D eigenvalue weighted by Crippen LogP contribution is -2.31. The first-order chi connectivity index (χ1) is 13.0. The first kappa shape index (κ1) is 18.8. The summed E-state index contributed by atoms with van der Waals surface area (Å²) >= 11 is 0. The van der Waals surface area contributed by atoms with Crippen LogP contribution in [-0.4, -0.2) is 28.2 Å². The van der Waals surface area contributed by atoms with Gasteiger partial charge >= 0.3 is 0 Å². The number of carbonyl (C=O) groups is 2. The van der Waals surface area contributed by atoms with Crippen molar-refractivity contribution in [2.45, 2.75) is 32.7 Å². The van der Waals surface area contributed by atoms with Gasteiger partial charge in [0.2, 0.25) is 0 Å². The van der Waals surface area contributed by atoms with Crippen LogP contribution in [0.4, 0.5) is 4.39 Å². The lowest BCUT2D eigenvalue weighted by atomic mass is 9.94. The molecule has 1 atom stereocenters. The van der Waals surface area contributed by atoms with Crippen molar-refractivity contribution in [2.75, 3.05) is 6.54 Å². The molecule has 0 bridgehead atoms. The van der Waals surface area contributed by atoms with Crippen molar-refractivity contribution < 1.29 is 19.1 Å². The molecule has 140 valence electrons. The van der Waals surface area contributed by atoms with E-state index in [0.29, 0.717) is 18.5 Å². The van der Waals surface area contributed by atoms with E-state index in [1.54, 1.807) is 42.5 Å². The Bertz CT molecular complexity index is 902. The second-order valence-electron chi connectivity index (χ2n) is 6.73. The normalized spacial score (nSPS) is 18.9. The highest BCUT2D eigenvalue weighted by molar-refractivity contribution is 6.46. The van der Waals surface area contributed by atoms with Crippen molar-refractivity contribution in [3.05, 3.63) is 76.6 Å². The molecule has 0 spiro atoms. The monoisotopic (exact) mass is 367 g/mol. The second-order valence-corrected chi connectivity index (χ2v) is 6.73. The summed E-state index contributed by atoms with van der Waals surface area (Å²) in [6.07, 6.45) is 1.51. The number of rotatable bonds is 5. The molecule has 5 heteroatoms. The van der Waals surface area contributed by atoms with Crippen LogP contribution < -0.4 is 0 Å². The number of unbranched alkanes of at least 4 members (excludes halogenated alkanes) is 1. The van der Waals surface area contributed by atoms with Gasteiger partial charge in [-0.3, -0.25) is 9.59 Å². The number of likely N-dealkylation sites (tertiary alicyclic amines) is 1. The van der Waals surface area contributed by atoms with Crippen LogP contribution in [0.2, 0.25) is 0 Å². The van der Waals surface area contributed by atoms with Gasteiger partial charge in [0.1, 0.15) is 11.6 Å². The number of amides is 1. The summed E-state index contributed by atoms with van der Waals surface area (Å²) < 4.78 is 14.5. The minimum Gasteiger partial charge on any atom is -0.507 e. The molecule has 1 saturated heterocycles. The van der Waals surface area contributed by atoms with Crippen LogP contribution in [0.25, 0.3) is 5.76 Å². The number of nitrogens with zero attached hydrogens (tertiary/aromatic N) is 1. The smallest absolute Gasteiger partial charge is 0.295 e. The van der Waals surface area contributed by atoms with Crippen LogP contribution in [-0.2, 0) is 9.59 Å². The van der Waals surface area contributed by atoms with Crippen molar-refractivity contribution in [1.82, 2.24) is 4.90 Å². The number of aliphatic hydroxyl groups is 1. The van der Waals surface area contributed by atoms with E-state index in [9.17, 15) is 19.1 Å². The largest absolute Gasteiger partial charge is 0.507 e. The van der Waals surface area contributed by atoms with Gasteiger partial charge in [-0.1, -0.05) is 61.4 Å². The average molecular weight is 367 g/mol. The summed E-state index contributed by atoms with van der Waals surface area (Å²) in [4.78, 5) is 26.7. The Hall–Kier alpha value is -2.95. The second kappa shape index (κ2) is 7.74. The molecule has 1 aliphatic rings. The highest BCUT2D eigenvalue weighted by Gasteiger charge is 2.46. The molecule has 4 nitrogen and oxygen atoms in total. The molecule has 3 rings (SSSR count). The van der Waals surface area contributed by atoms with Gasteiger partial charge in [0.15, 0.2) is 0 Å². The minimum absolute atomic E-state index is 0.0648. The fraction of sp³-hybridized carbons (Fsp3) is 0.273. The number of hydrogen-bond acceptors (Lipinski definition) is 3. The topological polar surface area (TPSA) is 57.6 Å². The van der Waals surface area contributed by atoms with Gasteiger partial charge in [-0.05, 0) is 19.4 Å². The van der Waals surface area contributed by atoms with E-state index >= 15 is 0 Å². The lowest BCUT2D eigenvalue weighted by Gasteiger charge is -2.25. The van der Waals surface area contributed by atoms with Crippen molar-refractivity contribution in [3.8, 4) is 0 Å². The molecular formula is C22H22FNO3. The molecular weight excluding hydrogens is 345 g/mol. The molecule has 0 radical (unpaired) electrons. The van der Waals surface area contributed by atoms with Gasteiger partial charge in [-0.25, -0.2) is 4.39 Å². The molecule has 1 aliphatic heterocycles. The number of halogens is 1. The van der Waals surface area contributed by atoms with Crippen LogP contribution >= 0.6 is 0 Å². The van der Waals surface area contributed by atoms with Crippen molar-refractivity contribution in [3.63, 3.8) is 0 Å². The van der Waals surface area contributed by atoms with E-state index in [1.807, 2.05) is 13.8 Å². The number of Topliss-reactive ketones (excluding diaryl/α,β-unsaturated/α-hetero) is 1. The average Bonchev–Trinajstić information content (AvgIpc) is 2.91. The predicted octanol–water partition coefficient (Wildman–Crippen LogP) is 4.36. The van der Waals surface area contributed by atoms with Crippen molar-refractivity contribution in [2.24, 2.45) is 0 Å².